The van der Waals surface area contributed by atoms with Crippen LogP contribution in [0.15, 0.2) is 42.5 Å². The number of halogens is 1. The van der Waals surface area contributed by atoms with Crippen molar-refractivity contribution in [2.75, 3.05) is 6.61 Å². The highest BCUT2D eigenvalue weighted by atomic mass is 19.1. The summed E-state index contributed by atoms with van der Waals surface area (Å²) in [5.74, 6) is -0.235. The molecule has 2 aromatic carbocycles. The van der Waals surface area contributed by atoms with Gasteiger partial charge in [0.2, 0.25) is 0 Å². The third-order valence-corrected chi connectivity index (χ3v) is 2.65. The van der Waals surface area contributed by atoms with Gasteiger partial charge in [0.1, 0.15) is 17.4 Å². The topological polar surface area (TPSA) is 53.2 Å². The van der Waals surface area contributed by atoms with Gasteiger partial charge in [-0.3, -0.25) is 0 Å². The minimum atomic E-state index is -0.595. The maximum Gasteiger partial charge on any atom is 0.181 e. The molecule has 0 saturated heterocycles. The molecular formula is C15H12FNO2. The molecule has 3 nitrogen and oxygen atoms in total. The largest absolute Gasteiger partial charge is 0.453 e. The van der Waals surface area contributed by atoms with Gasteiger partial charge in [-0.15, -0.1) is 0 Å². The summed E-state index contributed by atoms with van der Waals surface area (Å²) in [6.07, 6.45) is 0.286. The van der Waals surface area contributed by atoms with Crippen molar-refractivity contribution in [2.45, 2.75) is 6.42 Å². The first-order valence-electron chi connectivity index (χ1n) is 5.81. The lowest BCUT2D eigenvalue weighted by atomic mass is 10.0. The van der Waals surface area contributed by atoms with Crippen molar-refractivity contribution in [2.24, 2.45) is 0 Å². The number of nitriles is 1. The summed E-state index contributed by atoms with van der Waals surface area (Å²) in [4.78, 5) is 0. The van der Waals surface area contributed by atoms with Crippen molar-refractivity contribution in [1.29, 1.82) is 5.26 Å². The van der Waals surface area contributed by atoms with E-state index in [2.05, 4.69) is 0 Å². The summed E-state index contributed by atoms with van der Waals surface area (Å²) in [7, 11) is 0. The summed E-state index contributed by atoms with van der Waals surface area (Å²) in [6, 6.07) is 13.4. The second-order valence-electron chi connectivity index (χ2n) is 3.91. The Kier molecular flexibility index (Phi) is 4.11. The van der Waals surface area contributed by atoms with Crippen LogP contribution in [0.5, 0.6) is 11.5 Å². The Morgan fingerprint density at radius 1 is 1.16 bits per heavy atom. The Morgan fingerprint density at radius 3 is 2.53 bits per heavy atom. The van der Waals surface area contributed by atoms with E-state index in [-0.39, 0.29) is 24.3 Å². The van der Waals surface area contributed by atoms with Crippen LogP contribution in [-0.2, 0) is 6.42 Å². The number of hydrogen-bond donors (Lipinski definition) is 1. The van der Waals surface area contributed by atoms with Gasteiger partial charge in [0.25, 0.3) is 0 Å². The Bertz CT molecular complexity index is 606. The van der Waals surface area contributed by atoms with Crippen LogP contribution in [0, 0.1) is 17.1 Å². The molecule has 0 spiro atoms. The number of aliphatic hydroxyl groups is 1. The molecule has 2 aromatic rings. The molecule has 0 aliphatic rings. The van der Waals surface area contributed by atoms with E-state index in [9.17, 15) is 4.39 Å². The van der Waals surface area contributed by atoms with E-state index < -0.39 is 5.82 Å². The normalized spacial score (nSPS) is 9.95. The van der Waals surface area contributed by atoms with Crippen molar-refractivity contribution in [3.8, 4) is 17.6 Å². The van der Waals surface area contributed by atoms with Crippen LogP contribution < -0.4 is 4.74 Å². The quantitative estimate of drug-likeness (QED) is 0.915. The molecule has 0 aromatic heterocycles. The molecule has 0 amide bonds. The zero-order chi connectivity index (χ0) is 13.7. The van der Waals surface area contributed by atoms with Gasteiger partial charge in [-0.25, -0.2) is 4.39 Å². The Balaban J connectivity index is 2.44. The predicted molar refractivity (Wildman–Crippen MR) is 68.4 cm³/mol. The average molecular weight is 257 g/mol. The number of aliphatic hydroxyl groups excluding tert-OH is 1. The van der Waals surface area contributed by atoms with Gasteiger partial charge in [-0.05, 0) is 30.2 Å². The molecule has 0 aliphatic heterocycles. The highest BCUT2D eigenvalue weighted by molar-refractivity contribution is 5.51. The number of rotatable bonds is 4. The average Bonchev–Trinajstić information content (AvgIpc) is 2.44. The third-order valence-electron chi connectivity index (χ3n) is 2.65. The van der Waals surface area contributed by atoms with Gasteiger partial charge in [0.15, 0.2) is 11.6 Å². The maximum atomic E-state index is 13.8. The second-order valence-corrected chi connectivity index (χ2v) is 3.91. The van der Waals surface area contributed by atoms with Crippen LogP contribution in [0.1, 0.15) is 11.1 Å². The first kappa shape index (κ1) is 13.1. The van der Waals surface area contributed by atoms with E-state index in [1.165, 1.54) is 12.1 Å². The molecule has 0 atom stereocenters. The first-order chi connectivity index (χ1) is 9.26. The van der Waals surface area contributed by atoms with Crippen LogP contribution in [0.4, 0.5) is 4.39 Å². The van der Waals surface area contributed by atoms with E-state index in [0.717, 1.165) is 0 Å². The summed E-state index contributed by atoms with van der Waals surface area (Å²) >= 11 is 0. The SMILES string of the molecule is N#Cc1c(CCO)ccc(F)c1Oc1ccccc1. The van der Waals surface area contributed by atoms with Gasteiger partial charge in [0, 0.05) is 6.61 Å². The van der Waals surface area contributed by atoms with E-state index in [1.54, 1.807) is 24.3 Å². The molecule has 1 N–H and O–H groups in total. The van der Waals surface area contributed by atoms with Crippen molar-refractivity contribution in [3.63, 3.8) is 0 Å². The summed E-state index contributed by atoms with van der Waals surface area (Å²) in [6.45, 7) is -0.106. The molecule has 96 valence electrons. The number of para-hydroxylation sites is 1. The molecule has 0 radical (unpaired) electrons. The molecule has 0 saturated carbocycles. The minimum absolute atomic E-state index is 0.0975. The molecule has 0 bridgehead atoms. The molecule has 4 heteroatoms. The van der Waals surface area contributed by atoms with Crippen LogP contribution in [-0.4, -0.2) is 11.7 Å². The second kappa shape index (κ2) is 5.98. The van der Waals surface area contributed by atoms with Gasteiger partial charge < -0.3 is 9.84 Å². The van der Waals surface area contributed by atoms with Crippen LogP contribution >= 0.6 is 0 Å². The van der Waals surface area contributed by atoms with Crippen molar-refractivity contribution >= 4 is 0 Å². The Hall–Kier alpha value is -2.38. The van der Waals surface area contributed by atoms with E-state index >= 15 is 0 Å². The maximum absolute atomic E-state index is 13.8. The van der Waals surface area contributed by atoms with Crippen molar-refractivity contribution < 1.29 is 14.2 Å². The van der Waals surface area contributed by atoms with Crippen LogP contribution in [0.25, 0.3) is 0 Å². The van der Waals surface area contributed by atoms with Gasteiger partial charge in [0.05, 0.1) is 0 Å². The van der Waals surface area contributed by atoms with Gasteiger partial charge in [-0.1, -0.05) is 24.3 Å². The third kappa shape index (κ3) is 2.90. The van der Waals surface area contributed by atoms with Crippen LogP contribution in [0.2, 0.25) is 0 Å². The lowest BCUT2D eigenvalue weighted by Gasteiger charge is -2.11. The first-order valence-corrected chi connectivity index (χ1v) is 5.81. The Morgan fingerprint density at radius 2 is 1.89 bits per heavy atom. The minimum Gasteiger partial charge on any atom is -0.453 e. The molecule has 19 heavy (non-hydrogen) atoms. The summed E-state index contributed by atoms with van der Waals surface area (Å²) in [5.41, 5.74) is 0.690. The number of benzene rings is 2. The lowest BCUT2D eigenvalue weighted by Crippen LogP contribution is -2.00. The summed E-state index contributed by atoms with van der Waals surface area (Å²) in [5, 5.41) is 18.1. The lowest BCUT2D eigenvalue weighted by molar-refractivity contribution is 0.299. The molecule has 0 heterocycles. The molecule has 2 rings (SSSR count). The number of hydrogen-bond acceptors (Lipinski definition) is 3. The van der Waals surface area contributed by atoms with Gasteiger partial charge >= 0.3 is 0 Å². The number of nitrogens with zero attached hydrogens (tertiary/aromatic N) is 1. The summed E-state index contributed by atoms with van der Waals surface area (Å²) < 4.78 is 19.2. The standard InChI is InChI=1S/C15H12FNO2/c16-14-7-6-11(8-9-18)13(10-17)15(14)19-12-4-2-1-3-5-12/h1-7,18H,8-9H2. The zero-order valence-corrected chi connectivity index (χ0v) is 10.1. The fourth-order valence-corrected chi connectivity index (χ4v) is 1.76. The van der Waals surface area contributed by atoms with E-state index in [1.807, 2.05) is 12.1 Å². The molecule has 0 aliphatic carbocycles. The number of ether oxygens (including phenoxy) is 1. The van der Waals surface area contributed by atoms with Crippen molar-refractivity contribution in [3.05, 3.63) is 59.4 Å². The fourth-order valence-electron chi connectivity index (χ4n) is 1.76. The smallest absolute Gasteiger partial charge is 0.181 e. The van der Waals surface area contributed by atoms with Gasteiger partial charge in [-0.2, -0.15) is 5.26 Å². The monoisotopic (exact) mass is 257 g/mol. The predicted octanol–water partition coefficient (Wildman–Crippen LogP) is 3.02. The fraction of sp³-hybridized carbons (Fsp3) is 0.133. The van der Waals surface area contributed by atoms with Crippen LogP contribution in [0.3, 0.4) is 0 Å². The van der Waals surface area contributed by atoms with E-state index in [4.69, 9.17) is 15.1 Å². The van der Waals surface area contributed by atoms with Crippen molar-refractivity contribution in [1.82, 2.24) is 0 Å². The highest BCUT2D eigenvalue weighted by Crippen LogP contribution is 2.30. The van der Waals surface area contributed by atoms with E-state index in [0.29, 0.717) is 11.3 Å². The molecular weight excluding hydrogens is 245 g/mol. The molecule has 0 fully saturated rings. The highest BCUT2D eigenvalue weighted by Gasteiger charge is 2.15. The Labute approximate surface area is 110 Å². The molecule has 0 unspecified atom stereocenters. The zero-order valence-electron chi connectivity index (χ0n) is 10.1.